The fourth-order valence-electron chi connectivity index (χ4n) is 2.69. The summed E-state index contributed by atoms with van der Waals surface area (Å²) >= 11 is 0. The fraction of sp³-hybridized carbons (Fsp3) is 0.500. The summed E-state index contributed by atoms with van der Waals surface area (Å²) in [7, 11) is 0. The Labute approximate surface area is 122 Å². The number of rotatable bonds is 8. The number of pyridine rings is 1. The highest BCUT2D eigenvalue weighted by Gasteiger charge is 2.10. The maximum atomic E-state index is 4.59. The van der Waals surface area contributed by atoms with Crippen molar-refractivity contribution in [1.29, 1.82) is 0 Å². The Morgan fingerprint density at radius 2 is 1.95 bits per heavy atom. The smallest absolute Gasteiger partial charge is 0.0702 e. The molecule has 1 N–H and O–H groups in total. The lowest BCUT2D eigenvalue weighted by Gasteiger charge is -2.18. The molecule has 1 aromatic heterocycles. The van der Waals surface area contributed by atoms with Crippen molar-refractivity contribution in [3.8, 4) is 0 Å². The SMILES string of the molecule is CCCCCCC(NCC)c1cnc2ccccc2c1. The maximum absolute atomic E-state index is 4.59. The minimum atomic E-state index is 0.439. The predicted molar refractivity (Wildman–Crippen MR) is 86.9 cm³/mol. The van der Waals surface area contributed by atoms with Gasteiger partial charge in [-0.1, -0.05) is 57.7 Å². The Hall–Kier alpha value is -1.41. The van der Waals surface area contributed by atoms with Gasteiger partial charge in [-0.3, -0.25) is 4.98 Å². The van der Waals surface area contributed by atoms with E-state index < -0.39 is 0 Å². The molecule has 0 fully saturated rings. The minimum Gasteiger partial charge on any atom is -0.310 e. The Bertz CT molecular complexity index is 522. The largest absolute Gasteiger partial charge is 0.310 e. The van der Waals surface area contributed by atoms with Crippen molar-refractivity contribution in [3.05, 3.63) is 42.1 Å². The van der Waals surface area contributed by atoms with Gasteiger partial charge in [0.15, 0.2) is 0 Å². The van der Waals surface area contributed by atoms with Crippen LogP contribution in [0.1, 0.15) is 57.6 Å². The Kier molecular flexibility index (Phi) is 6.00. The molecule has 0 saturated heterocycles. The molecule has 0 aliphatic carbocycles. The third-order valence-electron chi connectivity index (χ3n) is 3.81. The van der Waals surface area contributed by atoms with Gasteiger partial charge < -0.3 is 5.32 Å². The lowest BCUT2D eigenvalue weighted by atomic mass is 10.00. The van der Waals surface area contributed by atoms with Crippen LogP contribution < -0.4 is 5.32 Å². The van der Waals surface area contributed by atoms with Crippen LogP contribution in [-0.4, -0.2) is 11.5 Å². The van der Waals surface area contributed by atoms with E-state index in [1.165, 1.54) is 43.1 Å². The zero-order valence-electron chi connectivity index (χ0n) is 12.7. The number of para-hydroxylation sites is 1. The zero-order valence-corrected chi connectivity index (χ0v) is 12.7. The molecule has 2 aromatic rings. The summed E-state index contributed by atoms with van der Waals surface area (Å²) in [6, 6.07) is 11.1. The van der Waals surface area contributed by atoms with Gasteiger partial charge >= 0.3 is 0 Å². The van der Waals surface area contributed by atoms with Crippen LogP contribution in [0.2, 0.25) is 0 Å². The zero-order chi connectivity index (χ0) is 14.2. The van der Waals surface area contributed by atoms with Crippen molar-refractivity contribution in [2.75, 3.05) is 6.54 Å². The quantitative estimate of drug-likeness (QED) is 0.693. The molecule has 20 heavy (non-hydrogen) atoms. The van der Waals surface area contributed by atoms with Crippen LogP contribution in [-0.2, 0) is 0 Å². The van der Waals surface area contributed by atoms with Crippen molar-refractivity contribution in [3.63, 3.8) is 0 Å². The first-order chi connectivity index (χ1) is 9.85. The van der Waals surface area contributed by atoms with E-state index in [0.717, 1.165) is 12.1 Å². The number of aromatic nitrogens is 1. The standard InChI is InChI=1S/C18H26N2/c1-3-5-6-7-11-18(19-4-2)16-13-15-10-8-9-12-17(15)20-14-16/h8-10,12-14,18-19H,3-7,11H2,1-2H3. The molecule has 1 atom stereocenters. The topological polar surface area (TPSA) is 24.9 Å². The third-order valence-corrected chi connectivity index (χ3v) is 3.81. The molecule has 0 radical (unpaired) electrons. The van der Waals surface area contributed by atoms with Crippen LogP contribution in [0.5, 0.6) is 0 Å². The van der Waals surface area contributed by atoms with Gasteiger partial charge in [0, 0.05) is 17.6 Å². The Balaban J connectivity index is 2.09. The molecule has 1 heterocycles. The van der Waals surface area contributed by atoms with Crippen LogP contribution in [0.4, 0.5) is 0 Å². The van der Waals surface area contributed by atoms with Crippen molar-refractivity contribution in [2.24, 2.45) is 0 Å². The number of benzene rings is 1. The van der Waals surface area contributed by atoms with Crippen molar-refractivity contribution >= 4 is 10.9 Å². The molecular formula is C18H26N2. The number of hydrogen-bond acceptors (Lipinski definition) is 2. The van der Waals surface area contributed by atoms with Gasteiger partial charge in [0.05, 0.1) is 5.52 Å². The molecule has 108 valence electrons. The normalized spacial score (nSPS) is 12.7. The van der Waals surface area contributed by atoms with Crippen molar-refractivity contribution < 1.29 is 0 Å². The second-order valence-corrected chi connectivity index (χ2v) is 5.42. The molecular weight excluding hydrogens is 244 g/mol. The second-order valence-electron chi connectivity index (χ2n) is 5.42. The summed E-state index contributed by atoms with van der Waals surface area (Å²) in [5.41, 5.74) is 2.40. The summed E-state index contributed by atoms with van der Waals surface area (Å²) in [4.78, 5) is 4.59. The number of hydrogen-bond donors (Lipinski definition) is 1. The highest BCUT2D eigenvalue weighted by Crippen LogP contribution is 2.22. The second kappa shape index (κ2) is 8.01. The van der Waals surface area contributed by atoms with Crippen LogP contribution in [0, 0.1) is 0 Å². The van der Waals surface area contributed by atoms with Gasteiger partial charge in [0.25, 0.3) is 0 Å². The van der Waals surface area contributed by atoms with E-state index in [4.69, 9.17) is 0 Å². The molecule has 2 rings (SSSR count). The first-order valence-corrected chi connectivity index (χ1v) is 7.93. The third kappa shape index (κ3) is 4.04. The molecule has 1 aromatic carbocycles. The number of nitrogens with one attached hydrogen (secondary N) is 1. The molecule has 0 bridgehead atoms. The van der Waals surface area contributed by atoms with E-state index in [1.807, 2.05) is 12.3 Å². The first kappa shape index (κ1) is 15.0. The van der Waals surface area contributed by atoms with E-state index in [-0.39, 0.29) is 0 Å². The Morgan fingerprint density at radius 3 is 2.75 bits per heavy atom. The lowest BCUT2D eigenvalue weighted by molar-refractivity contribution is 0.481. The average molecular weight is 270 g/mol. The van der Waals surface area contributed by atoms with Crippen molar-refractivity contribution in [1.82, 2.24) is 10.3 Å². The van der Waals surface area contributed by atoms with Crippen LogP contribution in [0.15, 0.2) is 36.5 Å². The van der Waals surface area contributed by atoms with E-state index in [2.05, 4.69) is 48.4 Å². The molecule has 0 amide bonds. The van der Waals surface area contributed by atoms with Crippen LogP contribution in [0.3, 0.4) is 0 Å². The van der Waals surface area contributed by atoms with E-state index in [1.54, 1.807) is 0 Å². The van der Waals surface area contributed by atoms with Crippen LogP contribution >= 0.6 is 0 Å². The molecule has 2 nitrogen and oxygen atoms in total. The van der Waals surface area contributed by atoms with E-state index in [9.17, 15) is 0 Å². The summed E-state index contributed by atoms with van der Waals surface area (Å²) in [5.74, 6) is 0. The lowest BCUT2D eigenvalue weighted by Crippen LogP contribution is -2.21. The van der Waals surface area contributed by atoms with Gasteiger partial charge in [-0.25, -0.2) is 0 Å². The molecule has 2 heteroatoms. The van der Waals surface area contributed by atoms with Crippen molar-refractivity contribution in [2.45, 2.75) is 52.0 Å². The predicted octanol–water partition coefficient (Wildman–Crippen LogP) is 4.86. The molecule has 0 spiro atoms. The molecule has 0 aliphatic heterocycles. The van der Waals surface area contributed by atoms with Gasteiger partial charge in [0.1, 0.15) is 0 Å². The van der Waals surface area contributed by atoms with Gasteiger partial charge in [-0.05, 0) is 30.7 Å². The number of fused-ring (bicyclic) bond motifs is 1. The maximum Gasteiger partial charge on any atom is 0.0702 e. The summed E-state index contributed by atoms with van der Waals surface area (Å²) in [6.07, 6.45) is 8.50. The number of nitrogens with zero attached hydrogens (tertiary/aromatic N) is 1. The summed E-state index contributed by atoms with van der Waals surface area (Å²) in [6.45, 7) is 5.44. The monoisotopic (exact) mass is 270 g/mol. The number of unbranched alkanes of at least 4 members (excludes halogenated alkanes) is 3. The molecule has 1 unspecified atom stereocenters. The van der Waals surface area contributed by atoms with Gasteiger partial charge in [0.2, 0.25) is 0 Å². The van der Waals surface area contributed by atoms with Crippen LogP contribution in [0.25, 0.3) is 10.9 Å². The highest BCUT2D eigenvalue weighted by molar-refractivity contribution is 5.78. The van der Waals surface area contributed by atoms with Gasteiger partial charge in [-0.15, -0.1) is 0 Å². The summed E-state index contributed by atoms with van der Waals surface area (Å²) < 4.78 is 0. The van der Waals surface area contributed by atoms with E-state index in [0.29, 0.717) is 6.04 Å². The fourth-order valence-corrected chi connectivity index (χ4v) is 2.69. The minimum absolute atomic E-state index is 0.439. The average Bonchev–Trinajstić information content (AvgIpc) is 2.50. The summed E-state index contributed by atoms with van der Waals surface area (Å²) in [5, 5.41) is 4.84. The van der Waals surface area contributed by atoms with Gasteiger partial charge in [-0.2, -0.15) is 0 Å². The Morgan fingerprint density at radius 1 is 1.10 bits per heavy atom. The highest BCUT2D eigenvalue weighted by atomic mass is 14.9. The first-order valence-electron chi connectivity index (χ1n) is 7.93. The van der Waals surface area contributed by atoms with E-state index >= 15 is 0 Å². The molecule has 0 aliphatic rings. The molecule has 0 saturated carbocycles.